The van der Waals surface area contributed by atoms with Crippen molar-refractivity contribution in [2.24, 2.45) is 11.1 Å². The Morgan fingerprint density at radius 1 is 1.09 bits per heavy atom. The molecular weight excluding hydrogens is 446 g/mol. The quantitative estimate of drug-likeness (QED) is 0.665. The lowest BCUT2D eigenvalue weighted by molar-refractivity contribution is -0.138. The Kier molecular flexibility index (Phi) is 6.69. The van der Waals surface area contributed by atoms with Crippen molar-refractivity contribution in [3.05, 3.63) is 58.6 Å². The first kappa shape index (κ1) is 22.9. The van der Waals surface area contributed by atoms with Crippen LogP contribution in [0.25, 0.3) is 0 Å². The number of carbonyl (C=O) groups excluding carboxylic acids is 2. The first-order chi connectivity index (χ1) is 15.3. The Hall–Kier alpha value is -2.23. The van der Waals surface area contributed by atoms with Crippen LogP contribution in [0.1, 0.15) is 36.1 Å². The second kappa shape index (κ2) is 9.33. The number of benzene rings is 1. The molecule has 32 heavy (non-hydrogen) atoms. The number of hydrogen-bond donors (Lipinski definition) is 1. The van der Waals surface area contributed by atoms with Gasteiger partial charge >= 0.3 is 5.24 Å². The van der Waals surface area contributed by atoms with Gasteiger partial charge in [-0.1, -0.05) is 18.2 Å². The van der Waals surface area contributed by atoms with Crippen LogP contribution in [-0.2, 0) is 21.2 Å². The van der Waals surface area contributed by atoms with Crippen molar-refractivity contribution >= 4 is 32.3 Å². The van der Waals surface area contributed by atoms with Gasteiger partial charge in [-0.15, -0.1) is 11.3 Å². The van der Waals surface area contributed by atoms with E-state index in [-0.39, 0.29) is 16.2 Å². The summed E-state index contributed by atoms with van der Waals surface area (Å²) in [7, 11) is -4.13. The van der Waals surface area contributed by atoms with Gasteiger partial charge in [0, 0.05) is 24.4 Å². The molecule has 0 unspecified atom stereocenters. The highest BCUT2D eigenvalue weighted by Crippen LogP contribution is 2.42. The van der Waals surface area contributed by atoms with Crippen LogP contribution in [0.3, 0.4) is 0 Å². The average Bonchev–Trinajstić information content (AvgIpc) is 3.40. The van der Waals surface area contributed by atoms with Crippen LogP contribution in [0.15, 0.2) is 46.7 Å². The van der Waals surface area contributed by atoms with Crippen molar-refractivity contribution in [1.82, 2.24) is 9.80 Å². The lowest BCUT2D eigenvalue weighted by Gasteiger charge is -2.38. The van der Waals surface area contributed by atoms with E-state index in [0.29, 0.717) is 13.1 Å². The van der Waals surface area contributed by atoms with Crippen molar-refractivity contribution in [3.8, 4) is 0 Å². The van der Waals surface area contributed by atoms with E-state index >= 15 is 0 Å². The minimum atomic E-state index is -4.13. The van der Waals surface area contributed by atoms with Crippen LogP contribution in [0.5, 0.6) is 0 Å². The third-order valence-corrected chi connectivity index (χ3v) is 8.91. The molecule has 7 nitrogen and oxygen atoms in total. The number of thiophene rings is 1. The number of nitrogens with zero attached hydrogens (tertiary/aromatic N) is 2. The largest absolute Gasteiger partial charge is 0.356 e. The molecule has 0 aliphatic carbocycles. The maximum absolute atomic E-state index is 13.2. The number of amides is 2. The second-order valence-electron chi connectivity index (χ2n) is 8.57. The number of piperidine rings is 1. The third kappa shape index (κ3) is 4.74. The summed E-state index contributed by atoms with van der Waals surface area (Å²) >= 11 is 1.75. The molecule has 1 aromatic heterocycles. The number of primary amides is 1. The summed E-state index contributed by atoms with van der Waals surface area (Å²) < 4.78 is 23.7. The fourth-order valence-corrected chi connectivity index (χ4v) is 6.03. The molecule has 0 saturated carbocycles. The molecule has 1 spiro atoms. The molecule has 0 atom stereocenters. The van der Waals surface area contributed by atoms with E-state index < -0.39 is 15.1 Å². The summed E-state index contributed by atoms with van der Waals surface area (Å²) in [6.07, 6.45) is 5.94. The highest BCUT2D eigenvalue weighted by atomic mass is 32.2. The summed E-state index contributed by atoms with van der Waals surface area (Å²) in [5, 5.41) is 0.725. The number of nitrogens with two attached hydrogens (primary N) is 1. The van der Waals surface area contributed by atoms with Gasteiger partial charge in [0.2, 0.25) is 5.91 Å². The summed E-state index contributed by atoms with van der Waals surface area (Å²) in [4.78, 5) is 29.8. The first-order valence-electron chi connectivity index (χ1n) is 10.8. The second-order valence-corrected chi connectivity index (χ2v) is 11.4. The molecule has 3 heterocycles. The Bertz CT molecular complexity index is 1060. The zero-order valence-corrected chi connectivity index (χ0v) is 19.5. The van der Waals surface area contributed by atoms with Crippen LogP contribution < -0.4 is 5.73 Å². The SMILES string of the molecule is NC(=O)S(=O)(=O)c1ccc(CN2CCC3(CCN(CC[CH]c4cccs4)CC3)C2=O)cc1. The van der Waals surface area contributed by atoms with Crippen LogP contribution in [-0.4, -0.2) is 55.5 Å². The molecule has 2 aliphatic rings. The molecule has 2 N–H and O–H groups in total. The fourth-order valence-electron chi connectivity index (χ4n) is 4.62. The molecule has 2 fully saturated rings. The fraction of sp³-hybridized carbons (Fsp3) is 0.435. The summed E-state index contributed by atoms with van der Waals surface area (Å²) in [6, 6.07) is 10.2. The topological polar surface area (TPSA) is 101 Å². The number of rotatable bonds is 7. The summed E-state index contributed by atoms with van der Waals surface area (Å²) in [6.45, 7) is 4.06. The maximum atomic E-state index is 13.2. The van der Waals surface area contributed by atoms with Gasteiger partial charge in [-0.2, -0.15) is 0 Å². The Morgan fingerprint density at radius 3 is 2.41 bits per heavy atom. The molecule has 1 aromatic carbocycles. The molecule has 1 radical (unpaired) electrons. The molecule has 171 valence electrons. The molecule has 2 amide bonds. The van der Waals surface area contributed by atoms with E-state index in [1.807, 2.05) is 4.90 Å². The van der Waals surface area contributed by atoms with Gasteiger partial charge in [0.1, 0.15) is 0 Å². The van der Waals surface area contributed by atoms with Crippen molar-refractivity contribution in [2.45, 2.75) is 37.1 Å². The van der Waals surface area contributed by atoms with Gasteiger partial charge in [0.15, 0.2) is 0 Å². The lowest BCUT2D eigenvalue weighted by Crippen LogP contribution is -2.44. The van der Waals surface area contributed by atoms with E-state index in [0.717, 1.165) is 50.9 Å². The van der Waals surface area contributed by atoms with Gasteiger partial charge < -0.3 is 15.5 Å². The zero-order chi connectivity index (χ0) is 22.8. The molecule has 0 bridgehead atoms. The average molecular weight is 475 g/mol. The minimum Gasteiger partial charge on any atom is -0.356 e. The van der Waals surface area contributed by atoms with Crippen molar-refractivity contribution in [3.63, 3.8) is 0 Å². The Balaban J connectivity index is 1.29. The van der Waals surface area contributed by atoms with Gasteiger partial charge in [-0.05, 0) is 74.5 Å². The maximum Gasteiger partial charge on any atom is 0.338 e. The molecule has 2 saturated heterocycles. The van der Waals surface area contributed by atoms with Crippen LogP contribution in [0, 0.1) is 11.8 Å². The smallest absolute Gasteiger partial charge is 0.338 e. The zero-order valence-electron chi connectivity index (χ0n) is 17.9. The minimum absolute atomic E-state index is 0.123. The normalized spacial score (nSPS) is 19.0. The van der Waals surface area contributed by atoms with E-state index in [2.05, 4.69) is 28.8 Å². The lowest BCUT2D eigenvalue weighted by atomic mass is 9.77. The number of hydrogen-bond acceptors (Lipinski definition) is 6. The van der Waals surface area contributed by atoms with Crippen LogP contribution in [0.4, 0.5) is 4.79 Å². The summed E-state index contributed by atoms with van der Waals surface area (Å²) in [5.74, 6) is 0.205. The van der Waals surface area contributed by atoms with E-state index in [9.17, 15) is 18.0 Å². The predicted octanol–water partition coefficient (Wildman–Crippen LogP) is 3.06. The van der Waals surface area contributed by atoms with Gasteiger partial charge in [-0.25, -0.2) is 8.42 Å². The van der Waals surface area contributed by atoms with Crippen LogP contribution in [0.2, 0.25) is 0 Å². The van der Waals surface area contributed by atoms with Crippen LogP contribution >= 0.6 is 11.3 Å². The Labute approximate surface area is 193 Å². The number of carbonyl (C=O) groups is 2. The van der Waals surface area contributed by atoms with E-state index in [4.69, 9.17) is 5.73 Å². The van der Waals surface area contributed by atoms with Crippen molar-refractivity contribution in [2.75, 3.05) is 26.2 Å². The third-order valence-electron chi connectivity index (χ3n) is 6.62. The molecule has 2 aromatic rings. The van der Waals surface area contributed by atoms with Crippen molar-refractivity contribution < 1.29 is 18.0 Å². The van der Waals surface area contributed by atoms with Crippen molar-refractivity contribution in [1.29, 1.82) is 0 Å². The van der Waals surface area contributed by atoms with Gasteiger partial charge in [0.05, 0.1) is 10.3 Å². The molecule has 4 rings (SSSR count). The van der Waals surface area contributed by atoms with Gasteiger partial charge in [0.25, 0.3) is 9.84 Å². The van der Waals surface area contributed by atoms with E-state index in [1.54, 1.807) is 23.5 Å². The monoisotopic (exact) mass is 474 g/mol. The number of sulfone groups is 1. The summed E-state index contributed by atoms with van der Waals surface area (Å²) in [5.41, 5.74) is 5.52. The highest BCUT2D eigenvalue weighted by Gasteiger charge is 2.47. The van der Waals surface area contributed by atoms with Gasteiger partial charge in [-0.3, -0.25) is 9.59 Å². The number of likely N-dealkylation sites (tertiary alicyclic amines) is 2. The van der Waals surface area contributed by atoms with E-state index in [1.165, 1.54) is 17.0 Å². The predicted molar refractivity (Wildman–Crippen MR) is 124 cm³/mol. The molecular formula is C23H28N3O4S2. The first-order valence-corrected chi connectivity index (χ1v) is 13.2. The Morgan fingerprint density at radius 2 is 1.78 bits per heavy atom. The highest BCUT2D eigenvalue weighted by molar-refractivity contribution is 8.06. The molecule has 2 aliphatic heterocycles. The molecule has 9 heteroatoms. The standard InChI is InChI=1S/C23H28N3O4S2/c24-22(28)32(29,30)20-7-5-18(6-8-20)17-26-15-11-23(21(26)27)9-13-25(14-10-23)12-1-3-19-4-2-16-31-19/h2-8,16H,1,9-15,17H2,(H2,24,28).